The van der Waals surface area contributed by atoms with E-state index in [2.05, 4.69) is 9.97 Å². The second-order valence-electron chi connectivity index (χ2n) is 5.30. The number of benzene rings is 3. The molecule has 3 aromatic carbocycles. The molecule has 5 heteroatoms. The van der Waals surface area contributed by atoms with E-state index in [-0.39, 0.29) is 0 Å². The van der Waals surface area contributed by atoms with Gasteiger partial charge in [0.25, 0.3) is 0 Å². The molecule has 0 spiro atoms. The molecular formula is C19H12Cl2N2O. The summed E-state index contributed by atoms with van der Waals surface area (Å²) in [5.74, 6) is 2.19. The van der Waals surface area contributed by atoms with Gasteiger partial charge in [-0.2, -0.15) is 0 Å². The van der Waals surface area contributed by atoms with Crippen molar-refractivity contribution in [3.63, 3.8) is 0 Å². The topological polar surface area (TPSA) is 37.9 Å². The van der Waals surface area contributed by atoms with Gasteiger partial charge in [-0.25, -0.2) is 4.98 Å². The number of hydrogen-bond acceptors (Lipinski definition) is 2. The van der Waals surface area contributed by atoms with Gasteiger partial charge in [-0.05, 0) is 48.5 Å². The number of ether oxygens (including phenoxy) is 1. The monoisotopic (exact) mass is 354 g/mol. The minimum atomic E-state index is 0.466. The Kier molecular flexibility index (Phi) is 3.89. The van der Waals surface area contributed by atoms with Crippen molar-refractivity contribution >= 4 is 34.2 Å². The summed E-state index contributed by atoms with van der Waals surface area (Å²) in [6, 6.07) is 20.8. The molecule has 0 fully saturated rings. The minimum Gasteiger partial charge on any atom is -0.457 e. The number of nitrogens with one attached hydrogen (secondary N) is 1. The molecule has 1 N–H and O–H groups in total. The Morgan fingerprint density at radius 2 is 1.54 bits per heavy atom. The SMILES string of the molecule is Clc1ccc(Oc2ccc(-c3nc4ccccc4[nH]3)cc2)cc1Cl. The molecule has 0 aliphatic rings. The van der Waals surface area contributed by atoms with Crippen LogP contribution in [0.1, 0.15) is 0 Å². The third kappa shape index (κ3) is 2.96. The highest BCUT2D eigenvalue weighted by Crippen LogP contribution is 2.30. The van der Waals surface area contributed by atoms with Crippen molar-refractivity contribution in [2.24, 2.45) is 0 Å². The number of aromatic amines is 1. The maximum atomic E-state index is 6.00. The van der Waals surface area contributed by atoms with Crippen LogP contribution >= 0.6 is 23.2 Å². The van der Waals surface area contributed by atoms with Crippen molar-refractivity contribution in [3.8, 4) is 22.9 Å². The lowest BCUT2D eigenvalue weighted by molar-refractivity contribution is 0.483. The number of rotatable bonds is 3. The van der Waals surface area contributed by atoms with Gasteiger partial charge in [0.05, 0.1) is 21.1 Å². The zero-order valence-electron chi connectivity index (χ0n) is 12.5. The average Bonchev–Trinajstić information content (AvgIpc) is 3.03. The van der Waals surface area contributed by atoms with E-state index in [1.54, 1.807) is 18.2 Å². The molecule has 0 bridgehead atoms. The van der Waals surface area contributed by atoms with Gasteiger partial charge < -0.3 is 9.72 Å². The van der Waals surface area contributed by atoms with Crippen LogP contribution < -0.4 is 4.74 Å². The zero-order chi connectivity index (χ0) is 16.5. The van der Waals surface area contributed by atoms with E-state index < -0.39 is 0 Å². The fourth-order valence-electron chi connectivity index (χ4n) is 2.45. The van der Waals surface area contributed by atoms with Crippen molar-refractivity contribution in [2.45, 2.75) is 0 Å². The van der Waals surface area contributed by atoms with Crippen molar-refractivity contribution in [1.82, 2.24) is 9.97 Å². The summed E-state index contributed by atoms with van der Waals surface area (Å²) >= 11 is 11.9. The van der Waals surface area contributed by atoms with E-state index in [0.29, 0.717) is 21.5 Å². The number of para-hydroxylation sites is 2. The molecule has 0 radical (unpaired) electrons. The van der Waals surface area contributed by atoms with Gasteiger partial charge in [-0.3, -0.25) is 0 Å². The quantitative estimate of drug-likeness (QED) is 0.466. The highest BCUT2D eigenvalue weighted by molar-refractivity contribution is 6.42. The van der Waals surface area contributed by atoms with Gasteiger partial charge in [0.2, 0.25) is 0 Å². The van der Waals surface area contributed by atoms with Crippen LogP contribution in [0.4, 0.5) is 0 Å². The third-order valence-electron chi connectivity index (χ3n) is 3.64. The Morgan fingerprint density at radius 3 is 2.29 bits per heavy atom. The molecule has 4 aromatic rings. The van der Waals surface area contributed by atoms with Gasteiger partial charge in [0, 0.05) is 11.6 Å². The second kappa shape index (κ2) is 6.19. The molecule has 1 heterocycles. The standard InChI is InChI=1S/C19H12Cl2N2O/c20-15-10-9-14(11-16(15)21)24-13-7-5-12(6-8-13)19-22-17-3-1-2-4-18(17)23-19/h1-11H,(H,22,23). The Morgan fingerprint density at radius 1 is 0.792 bits per heavy atom. The number of hydrogen-bond donors (Lipinski definition) is 1. The summed E-state index contributed by atoms with van der Waals surface area (Å²) in [6.07, 6.45) is 0. The number of halogens is 2. The molecule has 0 atom stereocenters. The smallest absolute Gasteiger partial charge is 0.138 e. The van der Waals surface area contributed by atoms with Crippen molar-refractivity contribution in [1.29, 1.82) is 0 Å². The molecular weight excluding hydrogens is 343 g/mol. The van der Waals surface area contributed by atoms with Crippen LogP contribution in [0.2, 0.25) is 10.0 Å². The summed E-state index contributed by atoms with van der Waals surface area (Å²) < 4.78 is 5.79. The van der Waals surface area contributed by atoms with Gasteiger partial charge >= 0.3 is 0 Å². The van der Waals surface area contributed by atoms with Crippen LogP contribution in [0.5, 0.6) is 11.5 Å². The molecule has 0 saturated heterocycles. The van der Waals surface area contributed by atoms with E-state index in [1.165, 1.54) is 0 Å². The Labute approximate surface area is 148 Å². The van der Waals surface area contributed by atoms with Crippen LogP contribution in [-0.4, -0.2) is 9.97 Å². The summed E-state index contributed by atoms with van der Waals surface area (Å²) in [5.41, 5.74) is 2.96. The molecule has 0 amide bonds. The molecule has 0 unspecified atom stereocenters. The number of H-pyrrole nitrogens is 1. The Bertz CT molecular complexity index is 976. The number of nitrogens with zero attached hydrogens (tertiary/aromatic N) is 1. The number of aromatic nitrogens is 2. The first-order valence-electron chi connectivity index (χ1n) is 7.37. The first-order chi connectivity index (χ1) is 11.7. The first kappa shape index (κ1) is 15.1. The van der Waals surface area contributed by atoms with Crippen LogP contribution in [0.3, 0.4) is 0 Å². The number of imidazole rings is 1. The minimum absolute atomic E-state index is 0.466. The Balaban J connectivity index is 1.58. The van der Waals surface area contributed by atoms with E-state index in [1.807, 2.05) is 48.5 Å². The van der Waals surface area contributed by atoms with E-state index >= 15 is 0 Å². The maximum absolute atomic E-state index is 6.00. The van der Waals surface area contributed by atoms with Crippen molar-refractivity contribution in [2.75, 3.05) is 0 Å². The van der Waals surface area contributed by atoms with Gasteiger partial charge in [0.1, 0.15) is 17.3 Å². The predicted molar refractivity (Wildman–Crippen MR) is 98.1 cm³/mol. The van der Waals surface area contributed by atoms with E-state index in [9.17, 15) is 0 Å². The van der Waals surface area contributed by atoms with Crippen LogP contribution in [0.15, 0.2) is 66.7 Å². The lowest BCUT2D eigenvalue weighted by Gasteiger charge is -2.07. The molecule has 0 aliphatic heterocycles. The van der Waals surface area contributed by atoms with Crippen LogP contribution in [0.25, 0.3) is 22.4 Å². The van der Waals surface area contributed by atoms with Crippen molar-refractivity contribution in [3.05, 3.63) is 76.8 Å². The maximum Gasteiger partial charge on any atom is 0.138 e. The fourth-order valence-corrected chi connectivity index (χ4v) is 2.73. The van der Waals surface area contributed by atoms with Gasteiger partial charge in [0.15, 0.2) is 0 Å². The molecule has 4 rings (SSSR count). The van der Waals surface area contributed by atoms with Crippen LogP contribution in [0, 0.1) is 0 Å². The van der Waals surface area contributed by atoms with Crippen molar-refractivity contribution < 1.29 is 4.74 Å². The summed E-state index contributed by atoms with van der Waals surface area (Å²) in [6.45, 7) is 0. The summed E-state index contributed by atoms with van der Waals surface area (Å²) in [7, 11) is 0. The van der Waals surface area contributed by atoms with E-state index in [4.69, 9.17) is 27.9 Å². The molecule has 24 heavy (non-hydrogen) atoms. The third-order valence-corrected chi connectivity index (χ3v) is 4.38. The molecule has 0 saturated carbocycles. The fraction of sp³-hybridized carbons (Fsp3) is 0. The molecule has 1 aromatic heterocycles. The Hall–Kier alpha value is -2.49. The lowest BCUT2D eigenvalue weighted by Crippen LogP contribution is -1.85. The summed E-state index contributed by atoms with van der Waals surface area (Å²) in [5, 5.41) is 0.970. The molecule has 3 nitrogen and oxygen atoms in total. The lowest BCUT2D eigenvalue weighted by atomic mass is 10.2. The number of fused-ring (bicyclic) bond motifs is 1. The highest BCUT2D eigenvalue weighted by atomic mass is 35.5. The average molecular weight is 355 g/mol. The summed E-state index contributed by atoms with van der Waals surface area (Å²) in [4.78, 5) is 7.90. The second-order valence-corrected chi connectivity index (χ2v) is 6.12. The zero-order valence-corrected chi connectivity index (χ0v) is 14.0. The van der Waals surface area contributed by atoms with E-state index in [0.717, 1.165) is 22.4 Å². The predicted octanol–water partition coefficient (Wildman–Crippen LogP) is 6.33. The van der Waals surface area contributed by atoms with Gasteiger partial charge in [-0.15, -0.1) is 0 Å². The largest absolute Gasteiger partial charge is 0.457 e. The first-order valence-corrected chi connectivity index (χ1v) is 8.13. The van der Waals surface area contributed by atoms with Gasteiger partial charge in [-0.1, -0.05) is 35.3 Å². The van der Waals surface area contributed by atoms with Crippen LogP contribution in [-0.2, 0) is 0 Å². The molecule has 0 aliphatic carbocycles. The molecule has 118 valence electrons. The normalized spacial score (nSPS) is 10.9. The highest BCUT2D eigenvalue weighted by Gasteiger charge is 2.06.